The minimum absolute atomic E-state index is 1.01. The van der Waals surface area contributed by atoms with Gasteiger partial charge in [-0.3, -0.25) is 0 Å². The van der Waals surface area contributed by atoms with E-state index in [0.29, 0.717) is 0 Å². The molecule has 3 N–H and O–H groups in total. The van der Waals surface area contributed by atoms with Gasteiger partial charge in [0.1, 0.15) is 0 Å². The van der Waals surface area contributed by atoms with Crippen molar-refractivity contribution >= 4 is 20.5 Å². The average Bonchev–Trinajstić information content (AvgIpc) is 1.61. The molecule has 0 aliphatic heterocycles. The lowest BCUT2D eigenvalue weighted by molar-refractivity contribution is 0.275. The first-order chi connectivity index (χ1) is 3.91. The second kappa shape index (κ2) is 6.58. The zero-order valence-electron chi connectivity index (χ0n) is 5.06. The van der Waals surface area contributed by atoms with Crippen molar-refractivity contribution in [3.63, 3.8) is 0 Å². The first-order valence-electron chi connectivity index (χ1n) is 2.31. The number of hydrogen-bond donors (Lipinski definition) is 4. The second-order valence-electron chi connectivity index (χ2n) is 1.24. The van der Waals surface area contributed by atoms with Crippen LogP contribution in [0.2, 0.25) is 0 Å². The molecule has 0 saturated carbocycles. The van der Waals surface area contributed by atoms with Crippen molar-refractivity contribution in [3.8, 4) is 0 Å². The highest BCUT2D eigenvalue weighted by Crippen LogP contribution is 2.25. The molecule has 4 nitrogen and oxygen atoms in total. The molecule has 0 fully saturated rings. The van der Waals surface area contributed by atoms with Crippen molar-refractivity contribution in [1.29, 1.82) is 0 Å². The Morgan fingerprint density at radius 1 is 1.44 bits per heavy atom. The minimum atomic E-state index is -4.64. The lowest BCUT2D eigenvalue weighted by Crippen LogP contribution is -1.66. The van der Waals surface area contributed by atoms with Crippen LogP contribution >= 0.6 is 20.5 Å². The normalized spacial score (nSPS) is 9.89. The highest BCUT2D eigenvalue weighted by atomic mass is 32.1. The SMILES string of the molecule is CCCS.O=P(O)(O)O. The van der Waals surface area contributed by atoms with Gasteiger partial charge in [-0.25, -0.2) is 4.57 Å². The third kappa shape index (κ3) is 166. The number of rotatable bonds is 1. The molecular weight excluding hydrogens is 163 g/mol. The Kier molecular flexibility index (Phi) is 8.89. The summed E-state index contributed by atoms with van der Waals surface area (Å²) in [6.45, 7) is 2.10. The predicted octanol–water partition coefficient (Wildman–Crippen LogP) is 0.398. The molecule has 0 aliphatic rings. The van der Waals surface area contributed by atoms with E-state index in [9.17, 15) is 0 Å². The zero-order chi connectivity index (χ0) is 7.91. The maximum Gasteiger partial charge on any atom is 0.466 e. The number of phosphoric acid groups is 1. The predicted molar refractivity (Wildman–Crippen MR) is 38.4 cm³/mol. The Bertz CT molecular complexity index is 79.5. The van der Waals surface area contributed by atoms with Crippen LogP contribution in [0.15, 0.2) is 0 Å². The fraction of sp³-hybridized carbons (Fsp3) is 1.00. The summed E-state index contributed by atoms with van der Waals surface area (Å²) in [6, 6.07) is 0. The van der Waals surface area contributed by atoms with Gasteiger partial charge >= 0.3 is 7.82 Å². The molecule has 0 bridgehead atoms. The maximum atomic E-state index is 8.88. The van der Waals surface area contributed by atoms with E-state index in [1.54, 1.807) is 0 Å². The van der Waals surface area contributed by atoms with Crippen LogP contribution in [0.1, 0.15) is 13.3 Å². The van der Waals surface area contributed by atoms with Crippen LogP contribution < -0.4 is 0 Å². The highest BCUT2D eigenvalue weighted by Gasteiger charge is 2.00. The van der Waals surface area contributed by atoms with Gasteiger partial charge in [0.25, 0.3) is 0 Å². The summed E-state index contributed by atoms with van der Waals surface area (Å²) in [5, 5.41) is 0. The molecule has 0 radical (unpaired) electrons. The number of hydrogen-bond acceptors (Lipinski definition) is 2. The van der Waals surface area contributed by atoms with Gasteiger partial charge in [0.05, 0.1) is 0 Å². The molecule has 0 amide bonds. The van der Waals surface area contributed by atoms with Crippen LogP contribution in [0.3, 0.4) is 0 Å². The molecule has 6 heteroatoms. The Balaban J connectivity index is 0. The third-order valence-corrected chi connectivity index (χ3v) is 0.671. The molecule has 9 heavy (non-hydrogen) atoms. The molecule has 0 spiro atoms. The zero-order valence-corrected chi connectivity index (χ0v) is 6.85. The summed E-state index contributed by atoms with van der Waals surface area (Å²) >= 11 is 3.92. The largest absolute Gasteiger partial charge is 0.466 e. The van der Waals surface area contributed by atoms with E-state index >= 15 is 0 Å². The van der Waals surface area contributed by atoms with Crippen molar-refractivity contribution < 1.29 is 19.2 Å². The van der Waals surface area contributed by atoms with E-state index in [4.69, 9.17) is 19.2 Å². The van der Waals surface area contributed by atoms with Gasteiger partial charge in [-0.05, 0) is 12.2 Å². The highest BCUT2D eigenvalue weighted by molar-refractivity contribution is 7.80. The van der Waals surface area contributed by atoms with Gasteiger partial charge in [0, 0.05) is 0 Å². The Morgan fingerprint density at radius 2 is 1.56 bits per heavy atom. The molecule has 0 aromatic carbocycles. The average molecular weight is 174 g/mol. The van der Waals surface area contributed by atoms with E-state index < -0.39 is 7.82 Å². The molecule has 0 heterocycles. The van der Waals surface area contributed by atoms with E-state index in [0.717, 1.165) is 5.75 Å². The standard InChI is InChI=1S/C3H8S.H3O4P/c1-2-3-4;1-5(2,3)4/h4H,2-3H2,1H3;(H3,1,2,3,4). The van der Waals surface area contributed by atoms with Crippen molar-refractivity contribution in [3.05, 3.63) is 0 Å². The van der Waals surface area contributed by atoms with Crippen LogP contribution in [0.5, 0.6) is 0 Å². The molecule has 0 aromatic rings. The summed E-state index contributed by atoms with van der Waals surface area (Å²) in [6.07, 6.45) is 1.18. The second-order valence-corrected chi connectivity index (χ2v) is 2.71. The first-order valence-corrected chi connectivity index (χ1v) is 4.50. The lowest BCUT2D eigenvalue weighted by Gasteiger charge is -1.82. The third-order valence-electron chi connectivity index (χ3n) is 0.224. The summed E-state index contributed by atoms with van der Waals surface area (Å²) in [5.41, 5.74) is 0. The quantitative estimate of drug-likeness (QED) is 0.342. The topological polar surface area (TPSA) is 77.8 Å². The van der Waals surface area contributed by atoms with Gasteiger partial charge in [0.2, 0.25) is 0 Å². The molecule has 0 unspecified atom stereocenters. The Labute approximate surface area is 59.6 Å². The van der Waals surface area contributed by atoms with Crippen LogP contribution in [-0.2, 0) is 4.57 Å². The van der Waals surface area contributed by atoms with Gasteiger partial charge in [0.15, 0.2) is 0 Å². The van der Waals surface area contributed by atoms with Crippen molar-refractivity contribution in [2.75, 3.05) is 5.75 Å². The van der Waals surface area contributed by atoms with Gasteiger partial charge in [-0.15, -0.1) is 0 Å². The van der Waals surface area contributed by atoms with E-state index in [1.807, 2.05) is 0 Å². The van der Waals surface area contributed by atoms with Gasteiger partial charge < -0.3 is 14.7 Å². The molecule has 0 saturated heterocycles. The summed E-state index contributed by atoms with van der Waals surface area (Å²) in [5.74, 6) is 1.01. The van der Waals surface area contributed by atoms with Crippen molar-refractivity contribution in [2.24, 2.45) is 0 Å². The Hall–Kier alpha value is 0.460. The molecule has 0 rings (SSSR count). The van der Waals surface area contributed by atoms with Gasteiger partial charge in [-0.2, -0.15) is 12.6 Å². The fourth-order valence-corrected chi connectivity index (χ4v) is 0. The first kappa shape index (κ1) is 12.2. The molecule has 0 aromatic heterocycles. The monoisotopic (exact) mass is 174 g/mol. The smallest absolute Gasteiger partial charge is 0.303 e. The van der Waals surface area contributed by atoms with E-state index in [1.165, 1.54) is 6.42 Å². The lowest BCUT2D eigenvalue weighted by atomic mass is 10.6. The number of thiol groups is 1. The summed E-state index contributed by atoms with van der Waals surface area (Å²) < 4.78 is 8.88. The molecule has 0 atom stereocenters. The van der Waals surface area contributed by atoms with Crippen molar-refractivity contribution in [2.45, 2.75) is 13.3 Å². The van der Waals surface area contributed by atoms with E-state index in [2.05, 4.69) is 19.6 Å². The summed E-state index contributed by atoms with van der Waals surface area (Å²) in [7, 11) is -4.64. The van der Waals surface area contributed by atoms with Crippen LogP contribution in [0.25, 0.3) is 0 Å². The Morgan fingerprint density at radius 3 is 1.56 bits per heavy atom. The van der Waals surface area contributed by atoms with Crippen LogP contribution in [0, 0.1) is 0 Å². The maximum absolute atomic E-state index is 8.88. The van der Waals surface area contributed by atoms with Crippen LogP contribution in [0.4, 0.5) is 0 Å². The summed E-state index contributed by atoms with van der Waals surface area (Å²) in [4.78, 5) is 21.6. The molecule has 0 aliphatic carbocycles. The van der Waals surface area contributed by atoms with Crippen LogP contribution in [-0.4, -0.2) is 20.4 Å². The molecular formula is C3H11O4PS. The minimum Gasteiger partial charge on any atom is -0.303 e. The van der Waals surface area contributed by atoms with Gasteiger partial charge in [-0.1, -0.05) is 6.92 Å². The molecule has 58 valence electrons. The van der Waals surface area contributed by atoms with E-state index in [-0.39, 0.29) is 0 Å². The fourth-order valence-electron chi connectivity index (χ4n) is 0. The van der Waals surface area contributed by atoms with Crippen molar-refractivity contribution in [1.82, 2.24) is 0 Å².